The normalized spacial score (nSPS) is 14.6. The number of likely N-dealkylation sites (tertiary alicyclic amines) is 1. The zero-order valence-corrected chi connectivity index (χ0v) is 16.8. The van der Waals surface area contributed by atoms with E-state index in [2.05, 4.69) is 5.32 Å². The lowest BCUT2D eigenvalue weighted by Gasteiger charge is -2.32. The highest BCUT2D eigenvalue weighted by Gasteiger charge is 2.27. The van der Waals surface area contributed by atoms with Gasteiger partial charge in [0, 0.05) is 24.7 Å². The predicted octanol–water partition coefficient (Wildman–Crippen LogP) is 3.74. The Labute approximate surface area is 173 Å². The van der Waals surface area contributed by atoms with Gasteiger partial charge in [-0.25, -0.2) is 0 Å². The number of hydrogen-bond acceptors (Lipinski definition) is 4. The monoisotopic (exact) mass is 422 g/mol. The van der Waals surface area contributed by atoms with Crippen LogP contribution in [0.2, 0.25) is 10.0 Å². The molecule has 0 aromatic heterocycles. The van der Waals surface area contributed by atoms with Gasteiger partial charge in [-0.05, 0) is 43.2 Å². The van der Waals surface area contributed by atoms with Crippen molar-refractivity contribution in [1.29, 1.82) is 0 Å². The van der Waals surface area contributed by atoms with Gasteiger partial charge in [0.15, 0.2) is 5.75 Å². The van der Waals surface area contributed by atoms with E-state index in [-0.39, 0.29) is 39.9 Å². The zero-order valence-electron chi connectivity index (χ0n) is 15.2. The Morgan fingerprint density at radius 3 is 2.46 bits per heavy atom. The molecule has 1 aliphatic rings. The van der Waals surface area contributed by atoms with Crippen LogP contribution in [0.15, 0.2) is 36.4 Å². The van der Waals surface area contributed by atoms with Crippen molar-refractivity contribution in [3.63, 3.8) is 0 Å². The van der Waals surface area contributed by atoms with Crippen molar-refractivity contribution in [2.45, 2.75) is 18.9 Å². The Morgan fingerprint density at radius 1 is 1.14 bits per heavy atom. The Balaban J connectivity index is 1.63. The summed E-state index contributed by atoms with van der Waals surface area (Å²) in [7, 11) is 1.43. The molecule has 2 amide bonds. The number of ether oxygens (including phenoxy) is 1. The van der Waals surface area contributed by atoms with Gasteiger partial charge in [0.2, 0.25) is 0 Å². The molecule has 1 aliphatic heterocycles. The van der Waals surface area contributed by atoms with Crippen LogP contribution in [0.4, 0.5) is 0 Å². The Kier molecular flexibility index (Phi) is 6.31. The number of methoxy groups -OCH3 is 1. The Hall–Kier alpha value is -2.44. The van der Waals surface area contributed by atoms with E-state index in [0.29, 0.717) is 36.5 Å². The predicted molar refractivity (Wildman–Crippen MR) is 108 cm³/mol. The maximum Gasteiger partial charge on any atom is 0.256 e. The van der Waals surface area contributed by atoms with Crippen molar-refractivity contribution in [3.8, 4) is 11.5 Å². The molecule has 1 saturated heterocycles. The van der Waals surface area contributed by atoms with Gasteiger partial charge in [0.25, 0.3) is 11.8 Å². The maximum atomic E-state index is 12.7. The molecule has 2 N–H and O–H groups in total. The van der Waals surface area contributed by atoms with Gasteiger partial charge >= 0.3 is 0 Å². The van der Waals surface area contributed by atoms with Gasteiger partial charge in [0.05, 0.1) is 17.2 Å². The van der Waals surface area contributed by atoms with E-state index in [9.17, 15) is 14.7 Å². The first-order valence-electron chi connectivity index (χ1n) is 8.82. The number of benzene rings is 2. The number of halogens is 2. The molecule has 2 aromatic rings. The van der Waals surface area contributed by atoms with Gasteiger partial charge < -0.3 is 20.1 Å². The smallest absolute Gasteiger partial charge is 0.256 e. The van der Waals surface area contributed by atoms with Crippen LogP contribution in [0.5, 0.6) is 11.5 Å². The third-order valence-electron chi connectivity index (χ3n) is 4.70. The van der Waals surface area contributed by atoms with Crippen molar-refractivity contribution >= 4 is 35.0 Å². The highest BCUT2D eigenvalue weighted by molar-refractivity contribution is 6.37. The van der Waals surface area contributed by atoms with Crippen molar-refractivity contribution < 1.29 is 19.4 Å². The third kappa shape index (κ3) is 4.34. The number of rotatable bonds is 4. The fourth-order valence-electron chi connectivity index (χ4n) is 3.25. The van der Waals surface area contributed by atoms with Gasteiger partial charge in [-0.2, -0.15) is 0 Å². The number of piperidine rings is 1. The molecule has 148 valence electrons. The molecular formula is C20H20Cl2N2O4. The first kappa shape index (κ1) is 20.3. The standard InChI is InChI=1S/C20H20Cl2N2O4/c1-28-18-16(22)6-5-15(21)17(18)19(26)23-13-7-9-24(10-8-13)20(27)12-3-2-4-14(25)11-12/h2-6,11,13,25H,7-10H2,1H3,(H,23,26). The molecule has 0 aliphatic carbocycles. The summed E-state index contributed by atoms with van der Waals surface area (Å²) < 4.78 is 5.22. The first-order chi connectivity index (χ1) is 13.4. The maximum absolute atomic E-state index is 12.7. The summed E-state index contributed by atoms with van der Waals surface area (Å²) in [6.45, 7) is 1.000. The molecule has 3 rings (SSSR count). The van der Waals surface area contributed by atoms with Gasteiger partial charge in [-0.15, -0.1) is 0 Å². The summed E-state index contributed by atoms with van der Waals surface area (Å²) in [5.74, 6) is -0.203. The topological polar surface area (TPSA) is 78.9 Å². The number of carbonyl (C=O) groups excluding carboxylic acids is 2. The van der Waals surface area contributed by atoms with Crippen LogP contribution in [-0.4, -0.2) is 48.1 Å². The minimum absolute atomic E-state index is 0.0559. The fourth-order valence-corrected chi connectivity index (χ4v) is 3.72. The number of amides is 2. The van der Waals surface area contributed by atoms with Crippen molar-refractivity contribution in [3.05, 3.63) is 57.6 Å². The second-order valence-corrected chi connectivity index (χ2v) is 7.34. The molecule has 1 fully saturated rings. The van der Waals surface area contributed by atoms with E-state index in [0.717, 1.165) is 0 Å². The number of phenolic OH excluding ortho intramolecular Hbond substituents is 1. The van der Waals surface area contributed by atoms with Crippen LogP contribution in [0, 0.1) is 0 Å². The lowest BCUT2D eigenvalue weighted by Crippen LogP contribution is -2.46. The first-order valence-corrected chi connectivity index (χ1v) is 9.57. The second-order valence-electron chi connectivity index (χ2n) is 6.53. The van der Waals surface area contributed by atoms with Gasteiger partial charge in [0.1, 0.15) is 11.3 Å². The van der Waals surface area contributed by atoms with Gasteiger partial charge in [-0.1, -0.05) is 29.3 Å². The van der Waals surface area contributed by atoms with Crippen LogP contribution in [0.1, 0.15) is 33.6 Å². The van der Waals surface area contributed by atoms with E-state index in [4.69, 9.17) is 27.9 Å². The van der Waals surface area contributed by atoms with E-state index >= 15 is 0 Å². The number of hydrogen-bond donors (Lipinski definition) is 2. The molecule has 0 unspecified atom stereocenters. The summed E-state index contributed by atoms with van der Waals surface area (Å²) in [5, 5.41) is 13.1. The quantitative estimate of drug-likeness (QED) is 0.786. The number of aromatic hydroxyl groups is 1. The molecule has 0 saturated carbocycles. The lowest BCUT2D eigenvalue weighted by molar-refractivity contribution is 0.0697. The second kappa shape index (κ2) is 8.71. The molecular weight excluding hydrogens is 403 g/mol. The largest absolute Gasteiger partial charge is 0.508 e. The molecule has 1 heterocycles. The molecule has 8 heteroatoms. The summed E-state index contributed by atoms with van der Waals surface area (Å²) in [6.07, 6.45) is 1.22. The Morgan fingerprint density at radius 2 is 1.82 bits per heavy atom. The van der Waals surface area contributed by atoms with E-state index in [1.807, 2.05) is 0 Å². The lowest BCUT2D eigenvalue weighted by atomic mass is 10.0. The number of nitrogens with one attached hydrogen (secondary N) is 1. The van der Waals surface area contributed by atoms with Crippen molar-refractivity contribution in [2.75, 3.05) is 20.2 Å². The summed E-state index contributed by atoms with van der Waals surface area (Å²) in [4.78, 5) is 27.0. The van der Waals surface area contributed by atoms with Crippen LogP contribution < -0.4 is 10.1 Å². The Bertz CT molecular complexity index is 896. The van der Waals surface area contributed by atoms with Gasteiger partial charge in [-0.3, -0.25) is 9.59 Å². The van der Waals surface area contributed by atoms with Crippen LogP contribution in [0.25, 0.3) is 0 Å². The average Bonchev–Trinajstić information content (AvgIpc) is 2.69. The molecule has 0 atom stereocenters. The summed E-state index contributed by atoms with van der Waals surface area (Å²) >= 11 is 12.3. The van der Waals surface area contributed by atoms with Crippen molar-refractivity contribution in [2.24, 2.45) is 0 Å². The zero-order chi connectivity index (χ0) is 20.3. The fraction of sp³-hybridized carbons (Fsp3) is 0.300. The van der Waals surface area contributed by atoms with Crippen LogP contribution in [0.3, 0.4) is 0 Å². The minimum atomic E-state index is -0.359. The number of phenols is 1. The van der Waals surface area contributed by atoms with Crippen LogP contribution in [-0.2, 0) is 0 Å². The average molecular weight is 423 g/mol. The van der Waals surface area contributed by atoms with E-state index in [1.54, 1.807) is 29.2 Å². The molecule has 0 spiro atoms. The molecule has 28 heavy (non-hydrogen) atoms. The van der Waals surface area contributed by atoms with Crippen LogP contribution >= 0.6 is 23.2 Å². The summed E-state index contributed by atoms with van der Waals surface area (Å²) in [6, 6.07) is 9.31. The van der Waals surface area contributed by atoms with E-state index < -0.39 is 0 Å². The molecule has 0 bridgehead atoms. The molecule has 2 aromatic carbocycles. The highest BCUT2D eigenvalue weighted by atomic mass is 35.5. The van der Waals surface area contributed by atoms with Crippen molar-refractivity contribution in [1.82, 2.24) is 10.2 Å². The molecule has 6 nitrogen and oxygen atoms in total. The third-order valence-corrected chi connectivity index (χ3v) is 5.31. The summed E-state index contributed by atoms with van der Waals surface area (Å²) in [5.41, 5.74) is 0.646. The van der Waals surface area contributed by atoms with E-state index in [1.165, 1.54) is 19.2 Å². The molecule has 0 radical (unpaired) electrons. The number of nitrogens with zero attached hydrogens (tertiary/aromatic N) is 1. The minimum Gasteiger partial charge on any atom is -0.508 e. The number of carbonyl (C=O) groups is 2. The highest BCUT2D eigenvalue weighted by Crippen LogP contribution is 2.34. The SMILES string of the molecule is COc1c(Cl)ccc(Cl)c1C(=O)NC1CCN(C(=O)c2cccc(O)c2)CC1.